The molecule has 0 atom stereocenters. The summed E-state index contributed by atoms with van der Waals surface area (Å²) in [5, 5.41) is 11.7. The molecule has 2 saturated heterocycles. The van der Waals surface area contributed by atoms with E-state index in [1.165, 1.54) is 25.9 Å². The van der Waals surface area contributed by atoms with Gasteiger partial charge in [0.2, 0.25) is 5.95 Å². The van der Waals surface area contributed by atoms with Crippen molar-refractivity contribution in [1.29, 1.82) is 0 Å². The summed E-state index contributed by atoms with van der Waals surface area (Å²) in [5.41, 5.74) is 1.90. The lowest BCUT2D eigenvalue weighted by atomic mass is 10.2. The predicted molar refractivity (Wildman–Crippen MR) is 130 cm³/mol. The Labute approximate surface area is 194 Å². The van der Waals surface area contributed by atoms with Crippen molar-refractivity contribution in [3.63, 3.8) is 0 Å². The van der Waals surface area contributed by atoms with E-state index in [1.54, 1.807) is 7.11 Å². The molecule has 2 N–H and O–H groups in total. The molecule has 2 aliphatic heterocycles. The van der Waals surface area contributed by atoms with E-state index in [0.717, 1.165) is 78.8 Å². The maximum absolute atomic E-state index is 6.15. The number of fused-ring (bicyclic) bond motifs is 1. The Morgan fingerprint density at radius 3 is 2.58 bits per heavy atom. The van der Waals surface area contributed by atoms with Gasteiger partial charge < -0.3 is 24.6 Å². The van der Waals surface area contributed by atoms with Crippen LogP contribution in [0.4, 0.5) is 17.6 Å². The Hall–Kier alpha value is -3.07. The van der Waals surface area contributed by atoms with Crippen LogP contribution in [0.3, 0.4) is 0 Å². The van der Waals surface area contributed by atoms with Gasteiger partial charge in [-0.15, -0.1) is 0 Å². The van der Waals surface area contributed by atoms with Crippen LogP contribution in [-0.4, -0.2) is 71.5 Å². The topological polar surface area (TPSA) is 91.4 Å². The normalized spacial score (nSPS) is 16.2. The van der Waals surface area contributed by atoms with Gasteiger partial charge in [0.15, 0.2) is 17.3 Å². The first-order valence-electron chi connectivity index (χ1n) is 12.0. The molecule has 0 unspecified atom stereocenters. The van der Waals surface area contributed by atoms with Crippen molar-refractivity contribution in [3.05, 3.63) is 23.9 Å². The molecule has 0 spiro atoms. The standard InChI is InChI=1S/C24H33N7O2/c1-3-17-14-22(29-28-17)26-23-18-15-20(32-2)21(33-13-7-10-30-8-4-5-9-30)16-19(18)25-24(27-23)31-11-6-12-31/h14-16H,3-13H2,1-2H3,(H2,25,26,27,28,29). The second-order valence-electron chi connectivity index (χ2n) is 8.74. The number of anilines is 3. The van der Waals surface area contributed by atoms with E-state index in [0.29, 0.717) is 12.4 Å². The number of aryl methyl sites for hydroxylation is 1. The van der Waals surface area contributed by atoms with Crippen molar-refractivity contribution in [2.75, 3.05) is 56.7 Å². The zero-order valence-electron chi connectivity index (χ0n) is 19.6. The van der Waals surface area contributed by atoms with E-state index in [2.05, 4.69) is 32.2 Å². The van der Waals surface area contributed by atoms with Crippen molar-refractivity contribution in [2.45, 2.75) is 39.0 Å². The highest BCUT2D eigenvalue weighted by atomic mass is 16.5. The molecule has 0 amide bonds. The molecule has 3 aromatic rings. The first kappa shape index (κ1) is 21.8. The van der Waals surface area contributed by atoms with Gasteiger partial charge in [-0.2, -0.15) is 10.1 Å². The van der Waals surface area contributed by atoms with E-state index >= 15 is 0 Å². The van der Waals surface area contributed by atoms with Crippen LogP contribution in [0, 0.1) is 0 Å². The molecule has 4 heterocycles. The van der Waals surface area contributed by atoms with Crippen molar-refractivity contribution in [3.8, 4) is 11.5 Å². The zero-order valence-corrected chi connectivity index (χ0v) is 19.6. The predicted octanol–water partition coefficient (Wildman–Crippen LogP) is 3.74. The molecule has 0 bridgehead atoms. The lowest BCUT2D eigenvalue weighted by Gasteiger charge is -2.31. The van der Waals surface area contributed by atoms with E-state index in [4.69, 9.17) is 19.4 Å². The lowest BCUT2D eigenvalue weighted by molar-refractivity contribution is 0.254. The zero-order chi connectivity index (χ0) is 22.6. The first-order chi connectivity index (χ1) is 16.2. The van der Waals surface area contributed by atoms with E-state index in [9.17, 15) is 0 Å². The quantitative estimate of drug-likeness (QED) is 0.451. The summed E-state index contributed by atoms with van der Waals surface area (Å²) in [6.45, 7) is 8.20. The molecule has 9 nitrogen and oxygen atoms in total. The molecule has 5 rings (SSSR count). The Bertz CT molecular complexity index is 1090. The summed E-state index contributed by atoms with van der Waals surface area (Å²) in [6.07, 6.45) is 5.68. The summed E-state index contributed by atoms with van der Waals surface area (Å²) >= 11 is 0. The van der Waals surface area contributed by atoms with Gasteiger partial charge >= 0.3 is 0 Å². The maximum Gasteiger partial charge on any atom is 0.227 e. The molecule has 176 valence electrons. The largest absolute Gasteiger partial charge is 0.493 e. The number of rotatable bonds is 10. The van der Waals surface area contributed by atoms with Crippen LogP contribution in [-0.2, 0) is 6.42 Å². The van der Waals surface area contributed by atoms with Crippen LogP contribution in [0.5, 0.6) is 11.5 Å². The van der Waals surface area contributed by atoms with Gasteiger partial charge in [-0.25, -0.2) is 4.98 Å². The number of aromatic nitrogens is 4. The van der Waals surface area contributed by atoms with E-state index < -0.39 is 0 Å². The van der Waals surface area contributed by atoms with Crippen LogP contribution in [0.1, 0.15) is 38.3 Å². The van der Waals surface area contributed by atoms with Gasteiger partial charge in [-0.1, -0.05) is 6.92 Å². The number of H-pyrrole nitrogens is 1. The van der Waals surface area contributed by atoms with Gasteiger partial charge in [-0.05, 0) is 51.3 Å². The van der Waals surface area contributed by atoms with Gasteiger partial charge in [0.05, 0.1) is 19.2 Å². The van der Waals surface area contributed by atoms with Gasteiger partial charge in [0.1, 0.15) is 5.82 Å². The van der Waals surface area contributed by atoms with Gasteiger partial charge in [-0.3, -0.25) is 5.10 Å². The number of methoxy groups -OCH3 is 1. The molecule has 0 radical (unpaired) electrons. The minimum atomic E-state index is 0.653. The molecule has 9 heteroatoms. The van der Waals surface area contributed by atoms with Gasteiger partial charge in [0, 0.05) is 42.8 Å². The lowest BCUT2D eigenvalue weighted by Crippen LogP contribution is -2.38. The first-order valence-corrected chi connectivity index (χ1v) is 12.0. The summed E-state index contributed by atoms with van der Waals surface area (Å²) in [7, 11) is 1.67. The third kappa shape index (κ3) is 4.83. The number of aromatic amines is 1. The highest BCUT2D eigenvalue weighted by molar-refractivity contribution is 5.94. The highest BCUT2D eigenvalue weighted by Crippen LogP contribution is 2.36. The number of ether oxygens (including phenoxy) is 2. The molecule has 2 fully saturated rings. The van der Waals surface area contributed by atoms with Crippen molar-refractivity contribution in [1.82, 2.24) is 25.1 Å². The Kier molecular flexibility index (Phi) is 6.48. The minimum absolute atomic E-state index is 0.653. The molecule has 0 aliphatic carbocycles. The van der Waals surface area contributed by atoms with Crippen molar-refractivity contribution in [2.24, 2.45) is 0 Å². The molecular formula is C24H33N7O2. The summed E-state index contributed by atoms with van der Waals surface area (Å²) in [6, 6.07) is 5.94. The number of nitrogens with zero attached hydrogens (tertiary/aromatic N) is 5. The molecule has 33 heavy (non-hydrogen) atoms. The SMILES string of the molecule is CCc1cc(Nc2nc(N3CCC3)nc3cc(OCCCN4CCCC4)c(OC)cc23)n[nH]1. The second kappa shape index (κ2) is 9.82. The average Bonchev–Trinajstić information content (AvgIpc) is 3.47. The van der Waals surface area contributed by atoms with Crippen LogP contribution in [0.25, 0.3) is 10.9 Å². The smallest absolute Gasteiger partial charge is 0.227 e. The number of hydrogen-bond donors (Lipinski definition) is 2. The van der Waals surface area contributed by atoms with Crippen LogP contribution < -0.4 is 19.7 Å². The Balaban J connectivity index is 1.41. The summed E-state index contributed by atoms with van der Waals surface area (Å²) < 4.78 is 11.8. The van der Waals surface area contributed by atoms with Crippen LogP contribution >= 0.6 is 0 Å². The Morgan fingerprint density at radius 2 is 1.88 bits per heavy atom. The number of benzene rings is 1. The van der Waals surface area contributed by atoms with Crippen molar-refractivity contribution >= 4 is 28.5 Å². The van der Waals surface area contributed by atoms with Crippen LogP contribution in [0.2, 0.25) is 0 Å². The third-order valence-corrected chi connectivity index (χ3v) is 6.44. The molecule has 0 saturated carbocycles. The monoisotopic (exact) mass is 451 g/mol. The van der Waals surface area contributed by atoms with Gasteiger partial charge in [0.25, 0.3) is 0 Å². The van der Waals surface area contributed by atoms with E-state index in [-0.39, 0.29) is 0 Å². The maximum atomic E-state index is 6.15. The fraction of sp³-hybridized carbons (Fsp3) is 0.542. The fourth-order valence-electron chi connectivity index (χ4n) is 4.35. The van der Waals surface area contributed by atoms with E-state index in [1.807, 2.05) is 18.2 Å². The summed E-state index contributed by atoms with van der Waals surface area (Å²) in [4.78, 5) is 14.4. The molecular weight excluding hydrogens is 418 g/mol. The number of nitrogens with one attached hydrogen (secondary N) is 2. The Morgan fingerprint density at radius 1 is 1.03 bits per heavy atom. The highest BCUT2D eigenvalue weighted by Gasteiger charge is 2.21. The fourth-order valence-corrected chi connectivity index (χ4v) is 4.35. The summed E-state index contributed by atoms with van der Waals surface area (Å²) in [5.74, 6) is 3.59. The molecule has 2 aromatic heterocycles. The van der Waals surface area contributed by atoms with Crippen molar-refractivity contribution < 1.29 is 9.47 Å². The van der Waals surface area contributed by atoms with Crippen LogP contribution in [0.15, 0.2) is 18.2 Å². The number of likely N-dealkylation sites (tertiary alicyclic amines) is 1. The molecule has 1 aromatic carbocycles. The average molecular weight is 452 g/mol. The second-order valence-corrected chi connectivity index (χ2v) is 8.74. The minimum Gasteiger partial charge on any atom is -0.493 e. The third-order valence-electron chi connectivity index (χ3n) is 6.44. The number of hydrogen-bond acceptors (Lipinski definition) is 8. The molecule has 2 aliphatic rings.